The molecule has 154 valence electrons. The number of fused-ring (bicyclic) bond motifs is 1. The summed E-state index contributed by atoms with van der Waals surface area (Å²) in [5.41, 5.74) is 3.18. The Kier molecular flexibility index (Phi) is 6.09. The van der Waals surface area contributed by atoms with Crippen molar-refractivity contribution in [3.8, 4) is 5.75 Å². The molecule has 0 spiro atoms. The van der Waals surface area contributed by atoms with Crippen molar-refractivity contribution in [2.45, 2.75) is 17.0 Å². The van der Waals surface area contributed by atoms with Crippen LogP contribution in [0.2, 0.25) is 0 Å². The van der Waals surface area contributed by atoms with E-state index in [0.717, 1.165) is 21.9 Å². The van der Waals surface area contributed by atoms with Gasteiger partial charge in [0.15, 0.2) is 5.16 Å². The molecule has 1 aromatic heterocycles. The fourth-order valence-electron chi connectivity index (χ4n) is 3.11. The molecule has 9 heteroatoms. The van der Waals surface area contributed by atoms with E-state index in [1.807, 2.05) is 12.1 Å². The Morgan fingerprint density at radius 3 is 2.69 bits per heavy atom. The van der Waals surface area contributed by atoms with Crippen LogP contribution in [0.5, 0.6) is 5.75 Å². The molecule has 29 heavy (non-hydrogen) atoms. The van der Waals surface area contributed by atoms with Gasteiger partial charge in [-0.05, 0) is 48.9 Å². The van der Waals surface area contributed by atoms with Gasteiger partial charge >= 0.3 is 0 Å². The number of hydrogen-bond donors (Lipinski definition) is 1. The largest absolute Gasteiger partial charge is 0.493 e. The molecule has 0 atom stereocenters. The number of benzene rings is 2. The summed E-state index contributed by atoms with van der Waals surface area (Å²) in [5.74, 6) is 1.37. The van der Waals surface area contributed by atoms with Crippen molar-refractivity contribution < 1.29 is 17.9 Å². The molecule has 1 N–H and O–H groups in total. The number of aromatic amines is 1. The Balaban J connectivity index is 1.29. The Hall–Kier alpha value is -2.07. The molecule has 0 unspecified atom stereocenters. The van der Waals surface area contributed by atoms with E-state index < -0.39 is 10.0 Å². The first-order valence-electron chi connectivity index (χ1n) is 9.42. The van der Waals surface area contributed by atoms with E-state index in [9.17, 15) is 8.42 Å². The number of nitrogens with one attached hydrogen (secondary N) is 1. The summed E-state index contributed by atoms with van der Waals surface area (Å²) >= 11 is 1.59. The van der Waals surface area contributed by atoms with Crippen LogP contribution in [0.1, 0.15) is 5.56 Å². The standard InChI is InChI=1S/C20H23N3O4S2/c1-15-2-7-18-19(14-15)22-20(21-18)28-13-12-27-16-3-5-17(6-4-16)29(24,25)23-8-10-26-11-9-23/h2-7,14H,8-13H2,1H3,(H,21,22). The number of ether oxygens (including phenoxy) is 2. The van der Waals surface area contributed by atoms with E-state index in [1.165, 1.54) is 9.87 Å². The fraction of sp³-hybridized carbons (Fsp3) is 0.350. The van der Waals surface area contributed by atoms with Crippen molar-refractivity contribution in [2.24, 2.45) is 0 Å². The number of morpholine rings is 1. The maximum atomic E-state index is 12.6. The Morgan fingerprint density at radius 1 is 1.17 bits per heavy atom. The highest BCUT2D eigenvalue weighted by molar-refractivity contribution is 7.99. The second kappa shape index (κ2) is 8.74. The molecular formula is C20H23N3O4S2. The molecule has 4 rings (SSSR count). The third kappa shape index (κ3) is 4.75. The number of thioether (sulfide) groups is 1. The summed E-state index contributed by atoms with van der Waals surface area (Å²) < 4.78 is 37.7. The van der Waals surface area contributed by atoms with Crippen molar-refractivity contribution in [2.75, 3.05) is 38.7 Å². The fourth-order valence-corrected chi connectivity index (χ4v) is 5.22. The molecule has 2 aromatic carbocycles. The van der Waals surface area contributed by atoms with Crippen molar-refractivity contribution in [3.63, 3.8) is 0 Å². The normalized spacial score (nSPS) is 15.6. The minimum Gasteiger partial charge on any atom is -0.493 e. The van der Waals surface area contributed by atoms with Gasteiger partial charge in [-0.25, -0.2) is 13.4 Å². The van der Waals surface area contributed by atoms with Gasteiger partial charge in [0.2, 0.25) is 10.0 Å². The number of sulfonamides is 1. The molecule has 1 saturated heterocycles. The lowest BCUT2D eigenvalue weighted by Crippen LogP contribution is -2.40. The summed E-state index contributed by atoms with van der Waals surface area (Å²) in [6.07, 6.45) is 0. The highest BCUT2D eigenvalue weighted by atomic mass is 32.2. The van der Waals surface area contributed by atoms with Gasteiger partial charge in [-0.2, -0.15) is 4.31 Å². The highest BCUT2D eigenvalue weighted by Gasteiger charge is 2.26. The van der Waals surface area contributed by atoms with Gasteiger partial charge < -0.3 is 14.5 Å². The summed E-state index contributed by atoms with van der Waals surface area (Å²) in [4.78, 5) is 8.14. The van der Waals surface area contributed by atoms with Gasteiger partial charge in [0.25, 0.3) is 0 Å². The van der Waals surface area contributed by atoms with E-state index in [1.54, 1.807) is 36.0 Å². The zero-order valence-electron chi connectivity index (χ0n) is 16.1. The van der Waals surface area contributed by atoms with E-state index in [-0.39, 0.29) is 4.90 Å². The Morgan fingerprint density at radius 2 is 1.93 bits per heavy atom. The average molecular weight is 434 g/mol. The van der Waals surface area contributed by atoms with Crippen LogP contribution < -0.4 is 4.74 Å². The Labute approximate surface area is 174 Å². The number of imidazole rings is 1. The maximum absolute atomic E-state index is 12.6. The molecule has 3 aromatic rings. The molecule has 0 radical (unpaired) electrons. The molecule has 1 aliphatic rings. The maximum Gasteiger partial charge on any atom is 0.243 e. The van der Waals surface area contributed by atoms with E-state index in [0.29, 0.717) is 38.7 Å². The SMILES string of the molecule is Cc1ccc2nc(SCCOc3ccc(S(=O)(=O)N4CCOCC4)cc3)[nH]c2c1. The number of aryl methyl sites for hydroxylation is 1. The summed E-state index contributed by atoms with van der Waals surface area (Å²) in [6.45, 7) is 4.19. The van der Waals surface area contributed by atoms with Crippen molar-refractivity contribution in [3.05, 3.63) is 48.0 Å². The summed E-state index contributed by atoms with van der Waals surface area (Å²) in [7, 11) is -3.47. The van der Waals surface area contributed by atoms with E-state index in [4.69, 9.17) is 9.47 Å². The van der Waals surface area contributed by atoms with Gasteiger partial charge in [-0.15, -0.1) is 0 Å². The number of rotatable bonds is 7. The predicted molar refractivity (Wildman–Crippen MR) is 113 cm³/mol. The number of aromatic nitrogens is 2. The molecule has 0 saturated carbocycles. The molecule has 0 amide bonds. The highest BCUT2D eigenvalue weighted by Crippen LogP contribution is 2.22. The lowest BCUT2D eigenvalue weighted by molar-refractivity contribution is 0.0730. The molecule has 1 fully saturated rings. The second-order valence-corrected chi connectivity index (χ2v) is 9.77. The lowest BCUT2D eigenvalue weighted by Gasteiger charge is -2.26. The Bertz CT molecular complexity index is 1070. The predicted octanol–water partition coefficient (Wildman–Crippen LogP) is 3.06. The lowest BCUT2D eigenvalue weighted by atomic mass is 10.2. The smallest absolute Gasteiger partial charge is 0.243 e. The van der Waals surface area contributed by atoms with Crippen molar-refractivity contribution in [1.29, 1.82) is 0 Å². The number of H-pyrrole nitrogens is 1. The molecule has 0 bridgehead atoms. The third-order valence-corrected chi connectivity index (χ3v) is 7.39. The van der Waals surface area contributed by atoms with Crippen molar-refractivity contribution in [1.82, 2.24) is 14.3 Å². The van der Waals surface area contributed by atoms with E-state index >= 15 is 0 Å². The van der Waals surface area contributed by atoms with Crippen LogP contribution in [0.4, 0.5) is 0 Å². The minimum atomic E-state index is -3.47. The number of nitrogens with zero attached hydrogens (tertiary/aromatic N) is 2. The van der Waals surface area contributed by atoms with Gasteiger partial charge in [0, 0.05) is 18.8 Å². The zero-order valence-corrected chi connectivity index (χ0v) is 17.8. The summed E-state index contributed by atoms with van der Waals surface area (Å²) in [5, 5.41) is 0.862. The van der Waals surface area contributed by atoms with Crippen LogP contribution in [0.3, 0.4) is 0 Å². The van der Waals surface area contributed by atoms with Crippen LogP contribution in [0.15, 0.2) is 52.5 Å². The average Bonchev–Trinajstić information content (AvgIpc) is 3.14. The monoisotopic (exact) mass is 433 g/mol. The molecule has 0 aliphatic carbocycles. The summed E-state index contributed by atoms with van der Waals surface area (Å²) in [6, 6.07) is 12.7. The van der Waals surface area contributed by atoms with Crippen LogP contribution in [0.25, 0.3) is 11.0 Å². The molecule has 1 aliphatic heterocycles. The quantitative estimate of drug-likeness (QED) is 0.455. The second-order valence-electron chi connectivity index (χ2n) is 6.75. The number of hydrogen-bond acceptors (Lipinski definition) is 6. The van der Waals surface area contributed by atoms with Gasteiger partial charge in [-0.1, -0.05) is 17.8 Å². The van der Waals surface area contributed by atoms with E-state index in [2.05, 4.69) is 23.0 Å². The van der Waals surface area contributed by atoms with Crippen molar-refractivity contribution >= 4 is 32.8 Å². The van der Waals surface area contributed by atoms with Crippen LogP contribution in [-0.4, -0.2) is 61.4 Å². The van der Waals surface area contributed by atoms with Gasteiger partial charge in [0.1, 0.15) is 5.75 Å². The first-order chi connectivity index (χ1) is 14.0. The first-order valence-corrected chi connectivity index (χ1v) is 11.8. The van der Waals surface area contributed by atoms with Gasteiger partial charge in [0.05, 0.1) is 35.7 Å². The first kappa shape index (κ1) is 20.2. The molecule has 2 heterocycles. The molecule has 7 nitrogen and oxygen atoms in total. The third-order valence-electron chi connectivity index (χ3n) is 4.64. The van der Waals surface area contributed by atoms with Crippen LogP contribution in [0, 0.1) is 6.92 Å². The van der Waals surface area contributed by atoms with Crippen LogP contribution in [-0.2, 0) is 14.8 Å². The molecular weight excluding hydrogens is 410 g/mol. The van der Waals surface area contributed by atoms with Gasteiger partial charge in [-0.3, -0.25) is 0 Å². The van der Waals surface area contributed by atoms with Crippen LogP contribution >= 0.6 is 11.8 Å². The topological polar surface area (TPSA) is 84.5 Å². The zero-order chi connectivity index (χ0) is 20.3. The minimum absolute atomic E-state index is 0.277.